The fourth-order valence-electron chi connectivity index (χ4n) is 2.05. The van der Waals surface area contributed by atoms with Crippen molar-refractivity contribution in [3.05, 3.63) is 35.6 Å². The number of hydrogen-bond acceptors (Lipinski definition) is 2. The third-order valence-corrected chi connectivity index (χ3v) is 3.09. The van der Waals surface area contributed by atoms with E-state index in [0.717, 1.165) is 31.4 Å². The van der Waals surface area contributed by atoms with Gasteiger partial charge in [-0.2, -0.15) is 0 Å². The largest absolute Gasteiger partial charge is 0.378 e. The topological polar surface area (TPSA) is 38.3 Å². The van der Waals surface area contributed by atoms with Crippen LogP contribution in [0.2, 0.25) is 0 Å². The van der Waals surface area contributed by atoms with Crippen molar-refractivity contribution >= 4 is 5.91 Å². The minimum Gasteiger partial charge on any atom is -0.378 e. The van der Waals surface area contributed by atoms with Crippen molar-refractivity contribution in [2.45, 2.75) is 38.3 Å². The number of benzene rings is 1. The Kier molecular flexibility index (Phi) is 4.70. The van der Waals surface area contributed by atoms with Gasteiger partial charge in [0.2, 0.25) is 5.91 Å². The van der Waals surface area contributed by atoms with Crippen LogP contribution < -0.4 is 5.32 Å². The highest BCUT2D eigenvalue weighted by Gasteiger charge is 2.17. The van der Waals surface area contributed by atoms with E-state index in [4.69, 9.17) is 4.74 Å². The molecule has 0 spiro atoms. The Morgan fingerprint density at radius 3 is 2.78 bits per heavy atom. The molecule has 1 heterocycles. The first kappa shape index (κ1) is 13.0. The van der Waals surface area contributed by atoms with Gasteiger partial charge in [0, 0.05) is 13.2 Å². The Morgan fingerprint density at radius 1 is 1.33 bits per heavy atom. The number of amides is 1. The fraction of sp³-hybridized carbons (Fsp3) is 0.500. The van der Waals surface area contributed by atoms with Gasteiger partial charge in [-0.15, -0.1) is 0 Å². The van der Waals surface area contributed by atoms with Gasteiger partial charge in [-0.25, -0.2) is 4.39 Å². The first-order chi connectivity index (χ1) is 8.74. The number of carbonyl (C=O) groups excluding carboxylic acids is 1. The highest BCUT2D eigenvalue weighted by atomic mass is 19.1. The van der Waals surface area contributed by atoms with Crippen LogP contribution in [0.25, 0.3) is 0 Å². The van der Waals surface area contributed by atoms with Gasteiger partial charge in [0.25, 0.3) is 0 Å². The number of halogens is 1. The monoisotopic (exact) mass is 251 g/mol. The quantitative estimate of drug-likeness (QED) is 0.892. The van der Waals surface area contributed by atoms with Crippen LogP contribution in [0.5, 0.6) is 0 Å². The molecule has 4 heteroatoms. The van der Waals surface area contributed by atoms with Crippen LogP contribution in [-0.2, 0) is 16.1 Å². The van der Waals surface area contributed by atoms with Gasteiger partial charge in [-0.3, -0.25) is 4.79 Å². The Labute approximate surface area is 106 Å². The van der Waals surface area contributed by atoms with Gasteiger partial charge in [0.05, 0.1) is 12.5 Å². The van der Waals surface area contributed by atoms with E-state index in [-0.39, 0.29) is 17.8 Å². The molecule has 98 valence electrons. The molecule has 1 aromatic carbocycles. The lowest BCUT2D eigenvalue weighted by Gasteiger charge is -2.21. The fourth-order valence-corrected chi connectivity index (χ4v) is 2.05. The van der Waals surface area contributed by atoms with E-state index in [2.05, 4.69) is 5.32 Å². The summed E-state index contributed by atoms with van der Waals surface area (Å²) < 4.78 is 18.2. The molecule has 1 aliphatic heterocycles. The second kappa shape index (κ2) is 6.50. The number of ether oxygens (including phenoxy) is 1. The maximum Gasteiger partial charge on any atom is 0.222 e. The Morgan fingerprint density at radius 2 is 2.11 bits per heavy atom. The first-order valence-electron chi connectivity index (χ1n) is 6.37. The predicted molar refractivity (Wildman–Crippen MR) is 66.5 cm³/mol. The van der Waals surface area contributed by atoms with Crippen molar-refractivity contribution in [1.82, 2.24) is 5.32 Å². The number of carbonyl (C=O) groups is 1. The summed E-state index contributed by atoms with van der Waals surface area (Å²) in [5, 5.41) is 2.82. The molecule has 0 bridgehead atoms. The molecule has 1 N–H and O–H groups in total. The highest BCUT2D eigenvalue weighted by molar-refractivity contribution is 5.76. The molecule has 0 radical (unpaired) electrons. The van der Waals surface area contributed by atoms with Crippen LogP contribution in [0.4, 0.5) is 4.39 Å². The number of hydrogen-bond donors (Lipinski definition) is 1. The molecule has 0 aromatic heterocycles. The zero-order valence-corrected chi connectivity index (χ0v) is 10.3. The molecular formula is C14H18FNO2. The average Bonchev–Trinajstić information content (AvgIpc) is 2.39. The zero-order valence-electron chi connectivity index (χ0n) is 10.3. The Hall–Kier alpha value is -1.42. The standard InChI is InChI=1S/C14H18FNO2/c15-12-6-4-11(5-7-12)10-16-14(17)9-13-3-1-2-8-18-13/h4-7,13H,1-3,8-10H2,(H,16,17). The summed E-state index contributed by atoms with van der Waals surface area (Å²) >= 11 is 0. The molecule has 1 aromatic rings. The zero-order chi connectivity index (χ0) is 12.8. The lowest BCUT2D eigenvalue weighted by Crippen LogP contribution is -2.30. The second-order valence-electron chi connectivity index (χ2n) is 4.60. The number of rotatable bonds is 4. The smallest absolute Gasteiger partial charge is 0.222 e. The highest BCUT2D eigenvalue weighted by Crippen LogP contribution is 2.15. The van der Waals surface area contributed by atoms with E-state index < -0.39 is 0 Å². The first-order valence-corrected chi connectivity index (χ1v) is 6.37. The van der Waals surface area contributed by atoms with Gasteiger partial charge in [-0.05, 0) is 37.0 Å². The van der Waals surface area contributed by atoms with Crippen LogP contribution in [0, 0.1) is 5.82 Å². The summed E-state index contributed by atoms with van der Waals surface area (Å²) in [5.41, 5.74) is 0.898. The van der Waals surface area contributed by atoms with Gasteiger partial charge >= 0.3 is 0 Å². The molecule has 1 unspecified atom stereocenters. The van der Waals surface area contributed by atoms with Crippen LogP contribution in [0.1, 0.15) is 31.2 Å². The summed E-state index contributed by atoms with van der Waals surface area (Å²) in [7, 11) is 0. The SMILES string of the molecule is O=C(CC1CCCCO1)NCc1ccc(F)cc1. The maximum atomic E-state index is 12.7. The molecule has 3 nitrogen and oxygen atoms in total. The maximum absolute atomic E-state index is 12.7. The summed E-state index contributed by atoms with van der Waals surface area (Å²) in [4.78, 5) is 11.7. The van der Waals surface area contributed by atoms with Gasteiger partial charge in [-0.1, -0.05) is 12.1 Å². The third-order valence-electron chi connectivity index (χ3n) is 3.09. The number of nitrogens with one attached hydrogen (secondary N) is 1. The van der Waals surface area contributed by atoms with Crippen molar-refractivity contribution in [1.29, 1.82) is 0 Å². The van der Waals surface area contributed by atoms with Crippen LogP contribution in [0.3, 0.4) is 0 Å². The van der Waals surface area contributed by atoms with E-state index in [1.54, 1.807) is 12.1 Å². The molecule has 1 aliphatic rings. The normalized spacial score (nSPS) is 19.5. The van der Waals surface area contributed by atoms with E-state index >= 15 is 0 Å². The van der Waals surface area contributed by atoms with E-state index in [9.17, 15) is 9.18 Å². The molecule has 1 atom stereocenters. The summed E-state index contributed by atoms with van der Waals surface area (Å²) in [6, 6.07) is 6.14. The molecule has 1 saturated heterocycles. The second-order valence-corrected chi connectivity index (χ2v) is 4.60. The van der Waals surface area contributed by atoms with Crippen molar-refractivity contribution in [3.63, 3.8) is 0 Å². The van der Waals surface area contributed by atoms with Crippen molar-refractivity contribution < 1.29 is 13.9 Å². The minimum atomic E-state index is -0.263. The Bertz CT molecular complexity index is 385. The van der Waals surface area contributed by atoms with E-state index in [0.29, 0.717) is 13.0 Å². The lowest BCUT2D eigenvalue weighted by molar-refractivity contribution is -0.125. The Balaban J connectivity index is 1.72. The van der Waals surface area contributed by atoms with Crippen LogP contribution in [0.15, 0.2) is 24.3 Å². The molecule has 1 amide bonds. The van der Waals surface area contributed by atoms with Crippen molar-refractivity contribution in [2.75, 3.05) is 6.61 Å². The molecule has 1 fully saturated rings. The summed E-state index contributed by atoms with van der Waals surface area (Å²) in [6.07, 6.45) is 3.67. The minimum absolute atomic E-state index is 0.00812. The molecule has 0 saturated carbocycles. The molecular weight excluding hydrogens is 233 g/mol. The predicted octanol–water partition coefficient (Wildman–Crippen LogP) is 2.40. The van der Waals surface area contributed by atoms with Crippen molar-refractivity contribution in [3.8, 4) is 0 Å². The summed E-state index contributed by atoms with van der Waals surface area (Å²) in [5.74, 6) is -0.271. The van der Waals surface area contributed by atoms with E-state index in [1.165, 1.54) is 12.1 Å². The van der Waals surface area contributed by atoms with Crippen LogP contribution in [-0.4, -0.2) is 18.6 Å². The van der Waals surface area contributed by atoms with Crippen molar-refractivity contribution in [2.24, 2.45) is 0 Å². The third kappa shape index (κ3) is 4.11. The molecule has 2 rings (SSSR count). The molecule has 0 aliphatic carbocycles. The van der Waals surface area contributed by atoms with Gasteiger partial charge in [0.1, 0.15) is 5.82 Å². The van der Waals surface area contributed by atoms with Gasteiger partial charge in [0.15, 0.2) is 0 Å². The van der Waals surface area contributed by atoms with E-state index in [1.807, 2.05) is 0 Å². The molecule has 18 heavy (non-hydrogen) atoms. The lowest BCUT2D eigenvalue weighted by atomic mass is 10.1. The van der Waals surface area contributed by atoms with Crippen LogP contribution >= 0.6 is 0 Å². The van der Waals surface area contributed by atoms with Gasteiger partial charge < -0.3 is 10.1 Å². The summed E-state index contributed by atoms with van der Waals surface area (Å²) in [6.45, 7) is 1.20. The average molecular weight is 251 g/mol.